The van der Waals surface area contributed by atoms with Crippen molar-refractivity contribution in [3.63, 3.8) is 0 Å². The summed E-state index contributed by atoms with van der Waals surface area (Å²) in [5, 5.41) is 1.77. The van der Waals surface area contributed by atoms with Gasteiger partial charge in [-0.05, 0) is 37.1 Å². The van der Waals surface area contributed by atoms with E-state index in [2.05, 4.69) is 4.72 Å². The van der Waals surface area contributed by atoms with Gasteiger partial charge in [-0.25, -0.2) is 13.1 Å². The molecule has 1 aliphatic carbocycles. The zero-order chi connectivity index (χ0) is 12.5. The molecule has 1 aromatic heterocycles. The maximum atomic E-state index is 12.2. The van der Waals surface area contributed by atoms with Crippen molar-refractivity contribution in [1.82, 2.24) is 4.72 Å². The Morgan fingerprint density at radius 2 is 2.29 bits per heavy atom. The minimum atomic E-state index is -3.40. The van der Waals surface area contributed by atoms with Crippen LogP contribution in [0.2, 0.25) is 0 Å². The van der Waals surface area contributed by atoms with Crippen molar-refractivity contribution in [2.45, 2.75) is 43.7 Å². The lowest BCUT2D eigenvalue weighted by atomic mass is 9.81. The Balaban J connectivity index is 2.13. The van der Waals surface area contributed by atoms with Crippen molar-refractivity contribution >= 4 is 21.4 Å². The lowest BCUT2D eigenvalue weighted by molar-refractivity contribution is 0.260. The maximum absolute atomic E-state index is 12.2. The molecule has 1 fully saturated rings. The first-order valence-electron chi connectivity index (χ1n) is 5.83. The molecule has 1 aliphatic rings. The van der Waals surface area contributed by atoms with Crippen molar-refractivity contribution in [2.24, 2.45) is 11.7 Å². The molecule has 2 rings (SSSR count). The number of nitrogens with one attached hydrogen (secondary N) is 1. The molecule has 1 atom stereocenters. The minimum absolute atomic E-state index is 0.0132. The van der Waals surface area contributed by atoms with Gasteiger partial charge in [0.25, 0.3) is 0 Å². The Morgan fingerprint density at radius 3 is 2.82 bits per heavy atom. The van der Waals surface area contributed by atoms with E-state index in [1.165, 1.54) is 17.8 Å². The highest BCUT2D eigenvalue weighted by Gasteiger charge is 2.28. The largest absolute Gasteiger partial charge is 0.326 e. The summed E-state index contributed by atoms with van der Waals surface area (Å²) in [5.74, 6) is 0.490. The standard InChI is InChI=1S/C11H18N2O2S2/c1-8(9-3-2-4-9)13-17(14,15)11-5-6-16-10(11)7-12/h5-6,8-9,13H,2-4,7,12H2,1H3. The molecule has 0 spiro atoms. The normalized spacial score (nSPS) is 18.9. The Hall–Kier alpha value is -0.430. The van der Waals surface area contributed by atoms with Crippen LogP contribution in [0.25, 0.3) is 0 Å². The van der Waals surface area contributed by atoms with Gasteiger partial charge in [-0.3, -0.25) is 0 Å². The van der Waals surface area contributed by atoms with Crippen LogP contribution in [0.15, 0.2) is 16.3 Å². The van der Waals surface area contributed by atoms with E-state index in [0.29, 0.717) is 10.8 Å². The molecule has 17 heavy (non-hydrogen) atoms. The Kier molecular flexibility index (Phi) is 3.87. The highest BCUT2D eigenvalue weighted by Crippen LogP contribution is 2.30. The first-order valence-corrected chi connectivity index (χ1v) is 8.19. The molecule has 0 amide bonds. The molecule has 0 aliphatic heterocycles. The van der Waals surface area contributed by atoms with Gasteiger partial charge in [-0.15, -0.1) is 11.3 Å². The molecule has 1 heterocycles. The summed E-state index contributed by atoms with van der Waals surface area (Å²) in [7, 11) is -3.40. The summed E-state index contributed by atoms with van der Waals surface area (Å²) in [6.45, 7) is 2.21. The van der Waals surface area contributed by atoms with Gasteiger partial charge in [0.05, 0.1) is 4.90 Å². The second-order valence-electron chi connectivity index (χ2n) is 4.51. The number of hydrogen-bond acceptors (Lipinski definition) is 4. The number of hydrogen-bond donors (Lipinski definition) is 2. The molecule has 1 aromatic rings. The lowest BCUT2D eigenvalue weighted by Gasteiger charge is -2.31. The van der Waals surface area contributed by atoms with Crippen LogP contribution in [0.3, 0.4) is 0 Å². The van der Waals surface area contributed by atoms with E-state index in [1.807, 2.05) is 6.92 Å². The zero-order valence-electron chi connectivity index (χ0n) is 9.85. The summed E-state index contributed by atoms with van der Waals surface area (Å²) in [6, 6.07) is 1.64. The Labute approximate surface area is 106 Å². The Bertz CT molecular complexity index is 477. The number of nitrogens with two attached hydrogens (primary N) is 1. The maximum Gasteiger partial charge on any atom is 0.241 e. The average molecular weight is 274 g/mol. The smallest absolute Gasteiger partial charge is 0.241 e. The van der Waals surface area contributed by atoms with Gasteiger partial charge in [0, 0.05) is 17.5 Å². The summed E-state index contributed by atoms with van der Waals surface area (Å²) < 4.78 is 27.1. The van der Waals surface area contributed by atoms with Crippen LogP contribution in [-0.4, -0.2) is 14.5 Å². The predicted molar refractivity (Wildman–Crippen MR) is 69.3 cm³/mol. The number of sulfonamides is 1. The first-order chi connectivity index (χ1) is 8.04. The fourth-order valence-electron chi connectivity index (χ4n) is 2.06. The van der Waals surface area contributed by atoms with Crippen LogP contribution >= 0.6 is 11.3 Å². The highest BCUT2D eigenvalue weighted by atomic mass is 32.2. The van der Waals surface area contributed by atoms with Gasteiger partial charge in [-0.1, -0.05) is 6.42 Å². The third-order valence-corrected chi connectivity index (χ3v) is 6.09. The molecule has 1 saturated carbocycles. The highest BCUT2D eigenvalue weighted by molar-refractivity contribution is 7.89. The van der Waals surface area contributed by atoms with E-state index in [4.69, 9.17) is 5.73 Å². The van der Waals surface area contributed by atoms with Gasteiger partial charge in [0.15, 0.2) is 0 Å². The van der Waals surface area contributed by atoms with Crippen LogP contribution in [-0.2, 0) is 16.6 Å². The van der Waals surface area contributed by atoms with Crippen LogP contribution in [0.4, 0.5) is 0 Å². The topological polar surface area (TPSA) is 72.2 Å². The zero-order valence-corrected chi connectivity index (χ0v) is 11.5. The van der Waals surface area contributed by atoms with E-state index >= 15 is 0 Å². The number of thiophene rings is 1. The van der Waals surface area contributed by atoms with Crippen molar-refractivity contribution in [1.29, 1.82) is 0 Å². The average Bonchev–Trinajstić information content (AvgIpc) is 2.61. The summed E-state index contributed by atoms with van der Waals surface area (Å²) in [5.41, 5.74) is 5.54. The van der Waals surface area contributed by atoms with E-state index < -0.39 is 10.0 Å². The SMILES string of the molecule is CC(NS(=O)(=O)c1ccsc1CN)C1CCC1. The van der Waals surface area contributed by atoms with Crippen LogP contribution in [0, 0.1) is 5.92 Å². The fourth-order valence-corrected chi connectivity index (χ4v) is 4.71. The van der Waals surface area contributed by atoms with E-state index in [9.17, 15) is 8.42 Å². The monoisotopic (exact) mass is 274 g/mol. The van der Waals surface area contributed by atoms with Crippen molar-refractivity contribution in [3.8, 4) is 0 Å². The van der Waals surface area contributed by atoms with Crippen molar-refractivity contribution in [3.05, 3.63) is 16.3 Å². The molecule has 3 N–H and O–H groups in total. The number of rotatable bonds is 5. The van der Waals surface area contributed by atoms with Crippen LogP contribution < -0.4 is 10.5 Å². The molecule has 0 radical (unpaired) electrons. The molecule has 0 aromatic carbocycles. The Morgan fingerprint density at radius 1 is 1.59 bits per heavy atom. The molecular weight excluding hydrogens is 256 g/mol. The van der Waals surface area contributed by atoms with Crippen LogP contribution in [0.1, 0.15) is 31.1 Å². The molecule has 0 bridgehead atoms. The van der Waals surface area contributed by atoms with Gasteiger partial charge in [0.2, 0.25) is 10.0 Å². The predicted octanol–water partition coefficient (Wildman–Crippen LogP) is 1.67. The summed E-state index contributed by atoms with van der Waals surface area (Å²) in [6.07, 6.45) is 3.46. The van der Waals surface area contributed by atoms with Crippen molar-refractivity contribution in [2.75, 3.05) is 0 Å². The first kappa shape index (κ1) is 13.0. The molecule has 6 heteroatoms. The van der Waals surface area contributed by atoms with E-state index in [0.717, 1.165) is 17.7 Å². The lowest BCUT2D eigenvalue weighted by Crippen LogP contribution is -2.40. The summed E-state index contributed by atoms with van der Waals surface area (Å²) >= 11 is 1.39. The van der Waals surface area contributed by atoms with Gasteiger partial charge >= 0.3 is 0 Å². The van der Waals surface area contributed by atoms with Crippen molar-refractivity contribution < 1.29 is 8.42 Å². The van der Waals surface area contributed by atoms with Gasteiger partial charge < -0.3 is 5.73 Å². The second kappa shape index (κ2) is 5.06. The molecule has 0 saturated heterocycles. The third-order valence-electron chi connectivity index (χ3n) is 3.38. The third kappa shape index (κ3) is 2.70. The fraction of sp³-hybridized carbons (Fsp3) is 0.636. The van der Waals surface area contributed by atoms with Gasteiger partial charge in [0.1, 0.15) is 0 Å². The molecule has 1 unspecified atom stereocenters. The minimum Gasteiger partial charge on any atom is -0.326 e. The molecular formula is C11H18N2O2S2. The summed E-state index contributed by atoms with van der Waals surface area (Å²) in [4.78, 5) is 1.06. The van der Waals surface area contributed by atoms with E-state index in [-0.39, 0.29) is 12.6 Å². The molecule has 4 nitrogen and oxygen atoms in total. The van der Waals surface area contributed by atoms with Crippen LogP contribution in [0.5, 0.6) is 0 Å². The second-order valence-corrected chi connectivity index (χ2v) is 7.20. The van der Waals surface area contributed by atoms with Gasteiger partial charge in [-0.2, -0.15) is 0 Å². The molecule has 96 valence electrons. The quantitative estimate of drug-likeness (QED) is 0.858. The van der Waals surface area contributed by atoms with E-state index in [1.54, 1.807) is 11.4 Å².